The third-order valence-electron chi connectivity index (χ3n) is 4.49. The zero-order valence-corrected chi connectivity index (χ0v) is 16.3. The standard InChI is InChI=1S/C19H29N3O3.ClH/c1-13(2)18(20)19(24)22-12-17(23)21-11-14-7-3-6-10-16(14)25-15-8-4-5-9-15;/h3,6-7,10,13,15,18H,4-5,8-9,11-12,20H2,1-2H3,(H,21,23)(H,22,24);1H/t18-;/m0./s1. The van der Waals surface area contributed by atoms with Crippen LogP contribution in [0.5, 0.6) is 5.75 Å². The summed E-state index contributed by atoms with van der Waals surface area (Å²) in [6.07, 6.45) is 4.86. The van der Waals surface area contributed by atoms with E-state index in [-0.39, 0.29) is 42.8 Å². The molecule has 1 aromatic rings. The van der Waals surface area contributed by atoms with Crippen LogP contribution in [0.3, 0.4) is 0 Å². The Balaban J connectivity index is 0.00000338. The van der Waals surface area contributed by atoms with Gasteiger partial charge in [-0.25, -0.2) is 0 Å². The fourth-order valence-corrected chi connectivity index (χ4v) is 2.79. The molecule has 0 heterocycles. The van der Waals surface area contributed by atoms with Crippen LogP contribution in [-0.4, -0.2) is 30.5 Å². The monoisotopic (exact) mass is 383 g/mol. The highest BCUT2D eigenvalue weighted by Crippen LogP contribution is 2.26. The van der Waals surface area contributed by atoms with Crippen LogP contribution < -0.4 is 21.1 Å². The minimum Gasteiger partial charge on any atom is -0.490 e. The van der Waals surface area contributed by atoms with Crippen molar-refractivity contribution < 1.29 is 14.3 Å². The number of ether oxygens (including phenoxy) is 1. The van der Waals surface area contributed by atoms with Gasteiger partial charge in [-0.1, -0.05) is 32.0 Å². The zero-order valence-electron chi connectivity index (χ0n) is 15.5. The van der Waals surface area contributed by atoms with E-state index in [2.05, 4.69) is 10.6 Å². The summed E-state index contributed by atoms with van der Waals surface area (Å²) in [6.45, 7) is 4.02. The van der Waals surface area contributed by atoms with Gasteiger partial charge in [-0.05, 0) is 37.7 Å². The molecule has 0 aromatic heterocycles. The van der Waals surface area contributed by atoms with Crippen LogP contribution in [0.25, 0.3) is 0 Å². The maximum atomic E-state index is 12.0. The van der Waals surface area contributed by atoms with Gasteiger partial charge in [0, 0.05) is 12.1 Å². The number of hydrogen-bond donors (Lipinski definition) is 3. The Morgan fingerprint density at radius 1 is 1.19 bits per heavy atom. The molecule has 1 atom stereocenters. The van der Waals surface area contributed by atoms with Gasteiger partial charge in [0.15, 0.2) is 0 Å². The number of nitrogens with one attached hydrogen (secondary N) is 2. The minimum atomic E-state index is -0.603. The van der Waals surface area contributed by atoms with Crippen molar-refractivity contribution in [1.29, 1.82) is 0 Å². The molecule has 7 heteroatoms. The number of nitrogens with two attached hydrogens (primary N) is 1. The molecule has 0 saturated heterocycles. The fourth-order valence-electron chi connectivity index (χ4n) is 2.79. The summed E-state index contributed by atoms with van der Waals surface area (Å²) in [6, 6.07) is 7.13. The van der Waals surface area contributed by atoms with Crippen molar-refractivity contribution in [3.8, 4) is 5.75 Å². The van der Waals surface area contributed by atoms with Gasteiger partial charge in [0.2, 0.25) is 11.8 Å². The highest BCUT2D eigenvalue weighted by atomic mass is 35.5. The number of amides is 2. The maximum absolute atomic E-state index is 12.0. The van der Waals surface area contributed by atoms with Crippen LogP contribution in [0.15, 0.2) is 24.3 Å². The number of benzene rings is 1. The summed E-state index contributed by atoms with van der Waals surface area (Å²) in [7, 11) is 0. The first kappa shape index (κ1) is 22.3. The summed E-state index contributed by atoms with van der Waals surface area (Å²) in [4.78, 5) is 23.7. The highest BCUT2D eigenvalue weighted by molar-refractivity contribution is 5.87. The number of para-hydroxylation sites is 1. The molecule has 1 aromatic carbocycles. The molecule has 1 fully saturated rings. The Hall–Kier alpha value is -1.79. The molecular weight excluding hydrogens is 354 g/mol. The summed E-state index contributed by atoms with van der Waals surface area (Å²) < 4.78 is 6.06. The molecule has 1 aliphatic carbocycles. The van der Waals surface area contributed by atoms with Gasteiger partial charge in [-0.3, -0.25) is 9.59 Å². The Kier molecular flexibility index (Phi) is 9.44. The van der Waals surface area contributed by atoms with Crippen LogP contribution in [0, 0.1) is 5.92 Å². The van der Waals surface area contributed by atoms with Crippen molar-refractivity contribution >= 4 is 24.2 Å². The van der Waals surface area contributed by atoms with E-state index in [1.165, 1.54) is 12.8 Å². The number of carbonyl (C=O) groups excluding carboxylic acids is 2. The molecule has 0 bridgehead atoms. The summed E-state index contributed by atoms with van der Waals surface area (Å²) in [5, 5.41) is 5.38. The number of carbonyl (C=O) groups is 2. The van der Waals surface area contributed by atoms with Crippen LogP contribution in [0.1, 0.15) is 45.1 Å². The summed E-state index contributed by atoms with van der Waals surface area (Å²) in [5.41, 5.74) is 6.69. The lowest BCUT2D eigenvalue weighted by Gasteiger charge is -2.17. The third kappa shape index (κ3) is 6.84. The van der Waals surface area contributed by atoms with E-state index in [0.29, 0.717) is 6.54 Å². The number of halogens is 1. The lowest BCUT2D eigenvalue weighted by Crippen LogP contribution is -2.47. The molecule has 0 unspecified atom stereocenters. The van der Waals surface area contributed by atoms with Gasteiger partial charge in [0.1, 0.15) is 5.75 Å². The van der Waals surface area contributed by atoms with Gasteiger partial charge in [-0.2, -0.15) is 0 Å². The van der Waals surface area contributed by atoms with E-state index >= 15 is 0 Å². The van der Waals surface area contributed by atoms with E-state index < -0.39 is 6.04 Å². The first-order valence-electron chi connectivity index (χ1n) is 9.02. The highest BCUT2D eigenvalue weighted by Gasteiger charge is 2.19. The molecule has 26 heavy (non-hydrogen) atoms. The van der Waals surface area contributed by atoms with Gasteiger partial charge in [0.25, 0.3) is 0 Å². The normalized spacial score (nSPS) is 15.2. The first-order valence-corrected chi connectivity index (χ1v) is 9.02. The van der Waals surface area contributed by atoms with E-state index in [1.54, 1.807) is 0 Å². The zero-order chi connectivity index (χ0) is 18.2. The molecule has 1 aliphatic rings. The molecule has 6 nitrogen and oxygen atoms in total. The summed E-state index contributed by atoms with van der Waals surface area (Å²) >= 11 is 0. The topological polar surface area (TPSA) is 93.5 Å². The van der Waals surface area contributed by atoms with Crippen LogP contribution in [-0.2, 0) is 16.1 Å². The molecule has 2 rings (SSSR count). The Labute approximate surface area is 161 Å². The van der Waals surface area contributed by atoms with Crippen molar-refractivity contribution in [1.82, 2.24) is 10.6 Å². The number of hydrogen-bond acceptors (Lipinski definition) is 4. The third-order valence-corrected chi connectivity index (χ3v) is 4.49. The van der Waals surface area contributed by atoms with E-state index in [0.717, 1.165) is 24.2 Å². The Morgan fingerprint density at radius 2 is 1.85 bits per heavy atom. The van der Waals surface area contributed by atoms with Gasteiger partial charge < -0.3 is 21.1 Å². The molecule has 0 aliphatic heterocycles. The molecular formula is C19H30ClN3O3. The van der Waals surface area contributed by atoms with E-state index in [9.17, 15) is 9.59 Å². The van der Waals surface area contributed by atoms with Crippen LogP contribution >= 0.6 is 12.4 Å². The molecule has 1 saturated carbocycles. The van der Waals surface area contributed by atoms with Crippen molar-refractivity contribution in [3.63, 3.8) is 0 Å². The first-order chi connectivity index (χ1) is 12.0. The Morgan fingerprint density at radius 3 is 2.50 bits per heavy atom. The predicted octanol–water partition coefficient (Wildman–Crippen LogP) is 2.15. The van der Waals surface area contributed by atoms with Gasteiger partial charge >= 0.3 is 0 Å². The second-order valence-corrected chi connectivity index (χ2v) is 6.90. The molecule has 4 N–H and O–H groups in total. The summed E-state index contributed by atoms with van der Waals surface area (Å²) in [5.74, 6) is 0.290. The van der Waals surface area contributed by atoms with Gasteiger partial charge in [-0.15, -0.1) is 12.4 Å². The maximum Gasteiger partial charge on any atom is 0.239 e. The molecule has 0 spiro atoms. The van der Waals surface area contributed by atoms with E-state index in [1.807, 2.05) is 38.1 Å². The SMILES string of the molecule is CC(C)[C@H](N)C(=O)NCC(=O)NCc1ccccc1OC1CCCC1.Cl. The quantitative estimate of drug-likeness (QED) is 0.641. The van der Waals surface area contributed by atoms with Gasteiger partial charge in [0.05, 0.1) is 18.7 Å². The average Bonchev–Trinajstić information content (AvgIpc) is 3.11. The predicted molar refractivity (Wildman–Crippen MR) is 104 cm³/mol. The van der Waals surface area contributed by atoms with Crippen molar-refractivity contribution in [3.05, 3.63) is 29.8 Å². The molecule has 2 amide bonds. The van der Waals surface area contributed by atoms with Crippen LogP contribution in [0.2, 0.25) is 0 Å². The minimum absolute atomic E-state index is 0. The molecule has 146 valence electrons. The van der Waals surface area contributed by atoms with Crippen molar-refractivity contribution in [2.24, 2.45) is 11.7 Å². The smallest absolute Gasteiger partial charge is 0.239 e. The molecule has 0 radical (unpaired) electrons. The largest absolute Gasteiger partial charge is 0.490 e. The van der Waals surface area contributed by atoms with Crippen molar-refractivity contribution in [2.45, 2.75) is 58.2 Å². The fraction of sp³-hybridized carbons (Fsp3) is 0.579. The van der Waals surface area contributed by atoms with Crippen LogP contribution in [0.4, 0.5) is 0 Å². The second kappa shape index (κ2) is 11.0. The van der Waals surface area contributed by atoms with Crippen molar-refractivity contribution in [2.75, 3.05) is 6.54 Å². The lowest BCUT2D eigenvalue weighted by molar-refractivity contribution is -0.127. The lowest BCUT2D eigenvalue weighted by atomic mass is 10.1. The number of rotatable bonds is 8. The average molecular weight is 384 g/mol. The Bertz CT molecular complexity index is 589. The van der Waals surface area contributed by atoms with E-state index in [4.69, 9.17) is 10.5 Å². The second-order valence-electron chi connectivity index (χ2n) is 6.90.